The lowest BCUT2D eigenvalue weighted by Crippen LogP contribution is -1.93. The van der Waals surface area contributed by atoms with Crippen LogP contribution in [-0.4, -0.2) is 26.2 Å². The molecule has 2 rings (SSSR count). The van der Waals surface area contributed by atoms with Gasteiger partial charge in [-0.05, 0) is 36.8 Å². The molecule has 0 radical (unpaired) electrons. The Morgan fingerprint density at radius 1 is 1.56 bits per heavy atom. The predicted octanol–water partition coefficient (Wildman–Crippen LogP) is 1.84. The zero-order valence-corrected chi connectivity index (χ0v) is 9.40. The minimum atomic E-state index is 0.205. The molecule has 1 heterocycles. The van der Waals surface area contributed by atoms with Crippen LogP contribution in [0.15, 0.2) is 29.4 Å². The van der Waals surface area contributed by atoms with Crippen LogP contribution in [0.5, 0.6) is 5.75 Å². The van der Waals surface area contributed by atoms with Gasteiger partial charge >= 0.3 is 0 Å². The number of nitrogens with zero attached hydrogens (tertiary/aromatic N) is 3. The molecule has 2 N–H and O–H groups in total. The van der Waals surface area contributed by atoms with E-state index in [0.29, 0.717) is 10.6 Å². The number of nitrogens with one attached hydrogen (secondary N) is 1. The van der Waals surface area contributed by atoms with Gasteiger partial charge in [-0.25, -0.2) is 0 Å². The molecule has 16 heavy (non-hydrogen) atoms. The fourth-order valence-electron chi connectivity index (χ4n) is 1.24. The van der Waals surface area contributed by atoms with E-state index in [1.54, 1.807) is 31.3 Å². The molecule has 0 unspecified atom stereocenters. The lowest BCUT2D eigenvalue weighted by molar-refractivity contribution is 0.475. The van der Waals surface area contributed by atoms with Crippen LogP contribution in [0.2, 0.25) is 0 Å². The second kappa shape index (κ2) is 4.28. The van der Waals surface area contributed by atoms with Crippen molar-refractivity contribution in [3.63, 3.8) is 0 Å². The molecule has 2 aromatic rings. The highest BCUT2D eigenvalue weighted by molar-refractivity contribution is 7.71. The van der Waals surface area contributed by atoms with Gasteiger partial charge in [0.15, 0.2) is 0 Å². The summed E-state index contributed by atoms with van der Waals surface area (Å²) >= 11 is 5.00. The fourth-order valence-corrected chi connectivity index (χ4v) is 1.46. The van der Waals surface area contributed by atoms with E-state index in [4.69, 9.17) is 12.2 Å². The Balaban J connectivity index is 2.32. The summed E-state index contributed by atoms with van der Waals surface area (Å²) in [5.74, 6) is 0.887. The summed E-state index contributed by atoms with van der Waals surface area (Å²) in [5, 5.41) is 20.0. The number of aryl methyl sites for hydroxylation is 1. The Labute approximate surface area is 97.1 Å². The number of hydrogen-bond acceptors (Lipinski definition) is 4. The van der Waals surface area contributed by atoms with Crippen molar-refractivity contribution in [3.05, 3.63) is 40.4 Å². The minimum absolute atomic E-state index is 0.205. The summed E-state index contributed by atoms with van der Waals surface area (Å²) < 4.78 is 1.95. The molecule has 0 aliphatic heterocycles. The summed E-state index contributed by atoms with van der Waals surface area (Å²) in [6.07, 6.45) is 1.61. The van der Waals surface area contributed by atoms with Crippen molar-refractivity contribution < 1.29 is 5.11 Å². The van der Waals surface area contributed by atoms with E-state index in [1.165, 1.54) is 4.68 Å². The minimum Gasteiger partial charge on any atom is -0.508 e. The first-order valence-corrected chi connectivity index (χ1v) is 5.05. The highest BCUT2D eigenvalue weighted by atomic mass is 32.1. The number of aromatic nitrogens is 3. The van der Waals surface area contributed by atoms with Crippen molar-refractivity contribution in [1.29, 1.82) is 0 Å². The zero-order chi connectivity index (χ0) is 11.5. The summed E-state index contributed by atoms with van der Waals surface area (Å²) in [7, 11) is 0. The van der Waals surface area contributed by atoms with Crippen molar-refractivity contribution in [2.75, 3.05) is 0 Å². The first-order chi connectivity index (χ1) is 7.66. The SMILES string of the molecule is Cc1n[nH]c(=S)n1/N=C\c1cccc(O)c1. The maximum Gasteiger partial charge on any atom is 0.216 e. The van der Waals surface area contributed by atoms with E-state index < -0.39 is 0 Å². The topological polar surface area (TPSA) is 66.2 Å². The average Bonchev–Trinajstić information content (AvgIpc) is 2.56. The number of aromatic hydroxyl groups is 1. The van der Waals surface area contributed by atoms with Crippen molar-refractivity contribution in [2.24, 2.45) is 5.10 Å². The van der Waals surface area contributed by atoms with E-state index in [2.05, 4.69) is 15.3 Å². The van der Waals surface area contributed by atoms with Crippen LogP contribution >= 0.6 is 12.2 Å². The molecule has 0 bridgehead atoms. The molecular formula is C10H10N4OS. The van der Waals surface area contributed by atoms with Gasteiger partial charge in [-0.1, -0.05) is 12.1 Å². The van der Waals surface area contributed by atoms with Gasteiger partial charge in [0.05, 0.1) is 6.21 Å². The Kier molecular flexibility index (Phi) is 2.82. The van der Waals surface area contributed by atoms with Crippen LogP contribution in [0.3, 0.4) is 0 Å². The number of H-pyrrole nitrogens is 1. The molecule has 0 spiro atoms. The van der Waals surface area contributed by atoms with Crippen LogP contribution < -0.4 is 0 Å². The van der Waals surface area contributed by atoms with Gasteiger partial charge in [-0.15, -0.1) is 0 Å². The molecule has 0 saturated carbocycles. The van der Waals surface area contributed by atoms with Crippen molar-refractivity contribution >= 4 is 18.4 Å². The first-order valence-electron chi connectivity index (χ1n) is 4.64. The molecule has 0 aliphatic carbocycles. The third-order valence-corrected chi connectivity index (χ3v) is 2.27. The van der Waals surface area contributed by atoms with Crippen molar-refractivity contribution in [3.8, 4) is 5.75 Å². The smallest absolute Gasteiger partial charge is 0.216 e. The van der Waals surface area contributed by atoms with E-state index in [-0.39, 0.29) is 5.75 Å². The van der Waals surface area contributed by atoms with Crippen LogP contribution in [0.4, 0.5) is 0 Å². The largest absolute Gasteiger partial charge is 0.508 e. The molecule has 82 valence electrons. The highest BCUT2D eigenvalue weighted by Crippen LogP contribution is 2.09. The van der Waals surface area contributed by atoms with Gasteiger partial charge in [0.2, 0.25) is 4.77 Å². The van der Waals surface area contributed by atoms with E-state index in [1.807, 2.05) is 6.07 Å². The second-order valence-corrected chi connectivity index (χ2v) is 3.61. The number of benzene rings is 1. The summed E-state index contributed by atoms with van der Waals surface area (Å²) in [6, 6.07) is 6.80. The summed E-state index contributed by atoms with van der Waals surface area (Å²) in [6.45, 7) is 1.80. The van der Waals surface area contributed by atoms with Gasteiger partial charge in [-0.3, -0.25) is 5.10 Å². The monoisotopic (exact) mass is 234 g/mol. The second-order valence-electron chi connectivity index (χ2n) is 3.23. The van der Waals surface area contributed by atoms with Crippen molar-refractivity contribution in [1.82, 2.24) is 14.9 Å². The molecule has 6 heteroatoms. The maximum atomic E-state index is 9.27. The van der Waals surface area contributed by atoms with Gasteiger partial charge in [0.1, 0.15) is 11.6 Å². The summed E-state index contributed by atoms with van der Waals surface area (Å²) in [4.78, 5) is 0. The molecule has 0 fully saturated rings. The quantitative estimate of drug-likeness (QED) is 0.615. The standard InChI is InChI=1S/C10H10N4OS/c1-7-12-13-10(16)14(7)11-6-8-3-2-4-9(15)5-8/h2-6,15H,1H3,(H,13,16)/b11-6-. The molecule has 1 aromatic heterocycles. The van der Waals surface area contributed by atoms with Crippen LogP contribution in [-0.2, 0) is 0 Å². The third-order valence-electron chi connectivity index (χ3n) is 2.00. The highest BCUT2D eigenvalue weighted by Gasteiger charge is 1.97. The normalized spacial score (nSPS) is 11.1. The molecule has 1 aromatic carbocycles. The lowest BCUT2D eigenvalue weighted by Gasteiger charge is -1.95. The van der Waals surface area contributed by atoms with E-state index in [9.17, 15) is 5.11 Å². The zero-order valence-electron chi connectivity index (χ0n) is 8.58. The molecule has 0 saturated heterocycles. The van der Waals surface area contributed by atoms with Gasteiger partial charge in [0, 0.05) is 0 Å². The molecule has 5 nitrogen and oxygen atoms in total. The fraction of sp³-hybridized carbons (Fsp3) is 0.100. The third kappa shape index (κ3) is 2.17. The molecule has 0 aliphatic rings. The number of hydrogen-bond donors (Lipinski definition) is 2. The first kappa shape index (κ1) is 10.6. The number of aromatic amines is 1. The van der Waals surface area contributed by atoms with Crippen LogP contribution in [0, 0.1) is 11.7 Å². The van der Waals surface area contributed by atoms with Gasteiger partial charge in [0.25, 0.3) is 0 Å². The molecule has 0 atom stereocenters. The number of rotatable bonds is 2. The molecule has 0 amide bonds. The van der Waals surface area contributed by atoms with Gasteiger partial charge in [-0.2, -0.15) is 14.9 Å². The maximum absolute atomic E-state index is 9.27. The van der Waals surface area contributed by atoms with Gasteiger partial charge < -0.3 is 5.11 Å². The number of phenolic OH excluding ortho intramolecular Hbond substituents is 1. The molecular weight excluding hydrogens is 224 g/mol. The Hall–Kier alpha value is -1.95. The van der Waals surface area contributed by atoms with Crippen LogP contribution in [0.1, 0.15) is 11.4 Å². The Morgan fingerprint density at radius 2 is 2.38 bits per heavy atom. The Morgan fingerprint density at radius 3 is 3.00 bits per heavy atom. The van der Waals surface area contributed by atoms with E-state index in [0.717, 1.165) is 5.56 Å². The summed E-state index contributed by atoms with van der Waals surface area (Å²) in [5.41, 5.74) is 0.794. The lowest BCUT2D eigenvalue weighted by atomic mass is 10.2. The van der Waals surface area contributed by atoms with Crippen LogP contribution in [0.25, 0.3) is 0 Å². The van der Waals surface area contributed by atoms with Crippen molar-refractivity contribution in [2.45, 2.75) is 6.92 Å². The average molecular weight is 234 g/mol. The predicted molar refractivity (Wildman–Crippen MR) is 63.2 cm³/mol. The Bertz CT molecular complexity index is 585. The number of phenols is 1. The van der Waals surface area contributed by atoms with E-state index >= 15 is 0 Å².